The molecule has 2 heterocycles. The highest BCUT2D eigenvalue weighted by Crippen LogP contribution is 2.41. The van der Waals surface area contributed by atoms with E-state index in [0.29, 0.717) is 5.56 Å². The minimum atomic E-state index is -0.0809. The van der Waals surface area contributed by atoms with Gasteiger partial charge in [-0.3, -0.25) is 9.69 Å². The van der Waals surface area contributed by atoms with Crippen LogP contribution in [0.4, 0.5) is 5.00 Å². The van der Waals surface area contributed by atoms with E-state index >= 15 is 0 Å². The quantitative estimate of drug-likeness (QED) is 0.531. The van der Waals surface area contributed by atoms with Crippen molar-refractivity contribution >= 4 is 33.8 Å². The van der Waals surface area contributed by atoms with Crippen molar-refractivity contribution < 1.29 is 4.79 Å². The second kappa shape index (κ2) is 9.96. The number of thiophene rings is 1. The molecule has 2 aromatic carbocycles. The maximum absolute atomic E-state index is 13.0. The first-order valence-electron chi connectivity index (χ1n) is 10.7. The molecule has 3 aromatic rings. The topological polar surface area (TPSA) is 35.6 Å². The maximum Gasteiger partial charge on any atom is 0.256 e. The number of piperazine rings is 1. The average Bonchev–Trinajstić information content (AvgIpc) is 3.19. The van der Waals surface area contributed by atoms with Gasteiger partial charge in [-0.05, 0) is 43.3 Å². The molecule has 0 bridgehead atoms. The molecule has 0 radical (unpaired) electrons. The molecule has 1 saturated heterocycles. The zero-order chi connectivity index (χ0) is 21.8. The normalized spacial score (nSPS) is 16.2. The number of nitrogens with zero attached hydrogens (tertiary/aromatic N) is 2. The van der Waals surface area contributed by atoms with Gasteiger partial charge in [-0.1, -0.05) is 54.9 Å². The highest BCUT2D eigenvalue weighted by atomic mass is 35.5. The van der Waals surface area contributed by atoms with Crippen molar-refractivity contribution in [1.82, 2.24) is 9.80 Å². The van der Waals surface area contributed by atoms with Crippen LogP contribution in [0, 0.1) is 0 Å². The summed E-state index contributed by atoms with van der Waals surface area (Å²) < 4.78 is 0. The van der Waals surface area contributed by atoms with Crippen LogP contribution < -0.4 is 5.32 Å². The fraction of sp³-hybridized carbons (Fsp3) is 0.320. The van der Waals surface area contributed by atoms with Gasteiger partial charge >= 0.3 is 0 Å². The number of anilines is 1. The summed E-state index contributed by atoms with van der Waals surface area (Å²) in [5.41, 5.74) is 2.88. The number of hydrogen-bond acceptors (Lipinski definition) is 4. The van der Waals surface area contributed by atoms with Crippen molar-refractivity contribution in [3.05, 3.63) is 87.3 Å². The molecule has 0 spiro atoms. The fourth-order valence-corrected chi connectivity index (χ4v) is 5.30. The molecule has 31 heavy (non-hydrogen) atoms. The van der Waals surface area contributed by atoms with Crippen molar-refractivity contribution in [1.29, 1.82) is 0 Å². The summed E-state index contributed by atoms with van der Waals surface area (Å²) in [6, 6.07) is 19.7. The standard InChI is InChI=1S/C25H28ClN3OS/c1-3-19-17-21(25(31-19)27-24(30)18-9-5-4-6-10-18)23(20-11-7-8-12-22(20)26)29-15-13-28(2)14-16-29/h4-12,17,23H,3,13-16H2,1-2H3,(H,27,30). The lowest BCUT2D eigenvalue weighted by Gasteiger charge is -2.38. The highest BCUT2D eigenvalue weighted by Gasteiger charge is 2.30. The molecule has 1 atom stereocenters. The molecule has 4 rings (SSSR count). The van der Waals surface area contributed by atoms with Crippen LogP contribution in [0.1, 0.15) is 39.3 Å². The van der Waals surface area contributed by atoms with Gasteiger partial charge in [0.25, 0.3) is 5.91 Å². The molecule has 162 valence electrons. The van der Waals surface area contributed by atoms with Crippen LogP contribution in [0.5, 0.6) is 0 Å². The van der Waals surface area contributed by atoms with Gasteiger partial charge in [0.2, 0.25) is 0 Å². The molecule has 6 heteroatoms. The number of amides is 1. The first-order chi connectivity index (χ1) is 15.1. The number of likely N-dealkylation sites (N-methyl/N-ethyl adjacent to an activating group) is 1. The third kappa shape index (κ3) is 5.01. The molecular weight excluding hydrogens is 426 g/mol. The summed E-state index contributed by atoms with van der Waals surface area (Å²) in [4.78, 5) is 19.1. The Hall–Kier alpha value is -2.18. The first-order valence-corrected chi connectivity index (χ1v) is 11.9. The lowest BCUT2D eigenvalue weighted by atomic mass is 9.97. The summed E-state index contributed by atoms with van der Waals surface area (Å²) >= 11 is 8.35. The second-order valence-electron chi connectivity index (χ2n) is 7.93. The van der Waals surface area contributed by atoms with E-state index in [1.54, 1.807) is 11.3 Å². The minimum absolute atomic E-state index is 0.00465. The van der Waals surface area contributed by atoms with Crippen molar-refractivity contribution in [3.63, 3.8) is 0 Å². The van der Waals surface area contributed by atoms with E-state index < -0.39 is 0 Å². The third-order valence-electron chi connectivity index (χ3n) is 5.82. The van der Waals surface area contributed by atoms with Gasteiger partial charge in [-0.15, -0.1) is 11.3 Å². The molecule has 4 nitrogen and oxygen atoms in total. The predicted molar refractivity (Wildman–Crippen MR) is 130 cm³/mol. The van der Waals surface area contributed by atoms with Crippen LogP contribution >= 0.6 is 22.9 Å². The first kappa shape index (κ1) is 22.0. The van der Waals surface area contributed by atoms with Crippen molar-refractivity contribution in [3.8, 4) is 0 Å². The summed E-state index contributed by atoms with van der Waals surface area (Å²) in [5.74, 6) is -0.0809. The third-order valence-corrected chi connectivity index (χ3v) is 7.38. The molecule has 1 unspecified atom stereocenters. The van der Waals surface area contributed by atoms with Crippen LogP contribution in [0.25, 0.3) is 0 Å². The number of nitrogens with one attached hydrogen (secondary N) is 1. The zero-order valence-electron chi connectivity index (χ0n) is 18.0. The van der Waals surface area contributed by atoms with Crippen LogP contribution in [-0.4, -0.2) is 48.9 Å². The summed E-state index contributed by atoms with van der Waals surface area (Å²) in [6.07, 6.45) is 0.927. The van der Waals surface area contributed by atoms with Gasteiger partial charge in [0.1, 0.15) is 5.00 Å². The van der Waals surface area contributed by atoms with Gasteiger partial charge in [0, 0.05) is 47.2 Å². The van der Waals surface area contributed by atoms with E-state index in [-0.39, 0.29) is 11.9 Å². The SMILES string of the molecule is CCc1cc(C(c2ccccc2Cl)N2CCN(C)CC2)c(NC(=O)c2ccccc2)s1. The molecule has 1 fully saturated rings. The number of halogens is 1. The molecule has 1 aliphatic heterocycles. The Kier molecular flexibility index (Phi) is 7.08. The smallest absolute Gasteiger partial charge is 0.256 e. The van der Waals surface area contributed by atoms with Crippen molar-refractivity contribution in [2.75, 3.05) is 38.5 Å². The number of carbonyl (C=O) groups excluding carboxylic acids is 1. The minimum Gasteiger partial charge on any atom is -0.313 e. The number of hydrogen-bond donors (Lipinski definition) is 1. The molecular formula is C25H28ClN3OS. The fourth-order valence-electron chi connectivity index (χ4n) is 4.04. The van der Waals surface area contributed by atoms with E-state index in [9.17, 15) is 4.79 Å². The Balaban J connectivity index is 1.75. The Morgan fingerprint density at radius 1 is 1.03 bits per heavy atom. The van der Waals surface area contributed by atoms with Crippen LogP contribution in [0.15, 0.2) is 60.7 Å². The molecule has 1 N–H and O–H groups in total. The molecule has 1 amide bonds. The summed E-state index contributed by atoms with van der Waals surface area (Å²) in [7, 11) is 2.16. The Morgan fingerprint density at radius 2 is 1.71 bits per heavy atom. The van der Waals surface area contributed by atoms with Crippen molar-refractivity contribution in [2.45, 2.75) is 19.4 Å². The zero-order valence-corrected chi connectivity index (χ0v) is 19.5. The Labute approximate surface area is 193 Å². The average molecular weight is 454 g/mol. The van der Waals surface area contributed by atoms with E-state index in [2.05, 4.69) is 41.2 Å². The van der Waals surface area contributed by atoms with Gasteiger partial charge in [0.05, 0.1) is 6.04 Å². The van der Waals surface area contributed by atoms with Gasteiger partial charge in [-0.2, -0.15) is 0 Å². The number of carbonyl (C=O) groups is 1. The van der Waals surface area contributed by atoms with Gasteiger partial charge < -0.3 is 10.2 Å². The summed E-state index contributed by atoms with van der Waals surface area (Å²) in [6.45, 7) is 6.08. The number of aryl methyl sites for hydroxylation is 1. The molecule has 0 saturated carbocycles. The van der Waals surface area contributed by atoms with E-state index in [1.165, 1.54) is 4.88 Å². The van der Waals surface area contributed by atoms with Crippen LogP contribution in [-0.2, 0) is 6.42 Å². The van der Waals surface area contributed by atoms with E-state index in [4.69, 9.17) is 11.6 Å². The monoisotopic (exact) mass is 453 g/mol. The molecule has 1 aromatic heterocycles. The van der Waals surface area contributed by atoms with Crippen LogP contribution in [0.3, 0.4) is 0 Å². The van der Waals surface area contributed by atoms with Crippen molar-refractivity contribution in [2.24, 2.45) is 0 Å². The number of rotatable bonds is 6. The lowest BCUT2D eigenvalue weighted by molar-refractivity contribution is 0.102. The van der Waals surface area contributed by atoms with E-state index in [1.807, 2.05) is 48.5 Å². The maximum atomic E-state index is 13.0. The van der Waals surface area contributed by atoms with Crippen LogP contribution in [0.2, 0.25) is 5.02 Å². The van der Waals surface area contributed by atoms with Gasteiger partial charge in [0.15, 0.2) is 0 Å². The van der Waals surface area contributed by atoms with Gasteiger partial charge in [-0.25, -0.2) is 0 Å². The molecule has 1 aliphatic rings. The largest absolute Gasteiger partial charge is 0.313 e. The predicted octanol–water partition coefficient (Wildman–Crippen LogP) is 5.55. The molecule has 0 aliphatic carbocycles. The van der Waals surface area contributed by atoms with E-state index in [0.717, 1.165) is 53.8 Å². The summed E-state index contributed by atoms with van der Waals surface area (Å²) in [5, 5.41) is 4.87. The number of benzene rings is 2. The highest BCUT2D eigenvalue weighted by molar-refractivity contribution is 7.16. The Morgan fingerprint density at radius 3 is 2.39 bits per heavy atom. The Bertz CT molecular complexity index is 1030. The second-order valence-corrected chi connectivity index (χ2v) is 9.48. The lowest BCUT2D eigenvalue weighted by Crippen LogP contribution is -2.46.